The molecule has 4 nitrogen and oxygen atoms in total. The average Bonchev–Trinajstić information content (AvgIpc) is 2.86. The largest absolute Gasteiger partial charge is 0.388 e. The van der Waals surface area contributed by atoms with Crippen molar-refractivity contribution in [3.05, 3.63) is 107 Å². The van der Waals surface area contributed by atoms with Gasteiger partial charge < -0.3 is 20.2 Å². The van der Waals surface area contributed by atoms with E-state index in [-0.39, 0.29) is 5.82 Å². The summed E-state index contributed by atoms with van der Waals surface area (Å²) in [7, 11) is 0. The first-order valence-electron chi connectivity index (χ1n) is 11.6. The smallest absolute Gasteiger partial charge is 0.123 e. The molecule has 5 heteroatoms. The second-order valence-electron chi connectivity index (χ2n) is 9.01. The summed E-state index contributed by atoms with van der Waals surface area (Å²) in [6.45, 7) is 2.01. The summed E-state index contributed by atoms with van der Waals surface area (Å²) in [5, 5.41) is 33.5. The molecule has 33 heavy (non-hydrogen) atoms. The third-order valence-corrected chi connectivity index (χ3v) is 6.88. The molecule has 0 saturated carbocycles. The highest BCUT2D eigenvalue weighted by Crippen LogP contribution is 2.43. The van der Waals surface area contributed by atoms with Gasteiger partial charge in [-0.3, -0.25) is 0 Å². The zero-order chi connectivity index (χ0) is 23.3. The molecule has 2 unspecified atom stereocenters. The standard InChI is InChI=1S/C28H32FNO3/c29-24-15-13-21(14-16-24)26(31)12-7-18-30-19-17-28(33,23-10-5-2-6-11-23)25(20-30)27(32)22-8-3-1-4-9-22/h1-6,8-11,13-16,25-27,31-33H,7,12,17-20H2/t25-,26?,27?,28+/m1/s1. The van der Waals surface area contributed by atoms with E-state index in [0.29, 0.717) is 31.5 Å². The van der Waals surface area contributed by atoms with Crippen molar-refractivity contribution in [3.8, 4) is 0 Å². The molecule has 0 spiro atoms. The van der Waals surface area contributed by atoms with Gasteiger partial charge in [0, 0.05) is 19.0 Å². The Morgan fingerprint density at radius 3 is 2.18 bits per heavy atom. The second-order valence-corrected chi connectivity index (χ2v) is 9.01. The van der Waals surface area contributed by atoms with Crippen LogP contribution in [0.25, 0.3) is 0 Å². The number of halogens is 1. The Morgan fingerprint density at radius 2 is 1.52 bits per heavy atom. The first-order valence-corrected chi connectivity index (χ1v) is 11.6. The third-order valence-electron chi connectivity index (χ3n) is 6.88. The number of hydrogen-bond acceptors (Lipinski definition) is 4. The number of aliphatic hydroxyl groups is 3. The van der Waals surface area contributed by atoms with Crippen LogP contribution in [0.15, 0.2) is 84.9 Å². The second kappa shape index (κ2) is 10.6. The number of benzene rings is 3. The zero-order valence-corrected chi connectivity index (χ0v) is 18.7. The van der Waals surface area contributed by atoms with Gasteiger partial charge in [0.05, 0.1) is 17.8 Å². The van der Waals surface area contributed by atoms with Crippen LogP contribution in [0.2, 0.25) is 0 Å². The van der Waals surface area contributed by atoms with Gasteiger partial charge in [0.25, 0.3) is 0 Å². The van der Waals surface area contributed by atoms with Gasteiger partial charge in [-0.25, -0.2) is 4.39 Å². The summed E-state index contributed by atoms with van der Waals surface area (Å²) < 4.78 is 13.1. The number of piperidine rings is 1. The molecule has 1 aliphatic rings. The molecular weight excluding hydrogens is 417 g/mol. The van der Waals surface area contributed by atoms with E-state index < -0.39 is 23.7 Å². The number of hydrogen-bond donors (Lipinski definition) is 3. The molecule has 1 saturated heterocycles. The van der Waals surface area contributed by atoms with Crippen molar-refractivity contribution in [2.45, 2.75) is 37.1 Å². The first kappa shape index (κ1) is 23.6. The molecule has 1 heterocycles. The van der Waals surface area contributed by atoms with Crippen LogP contribution >= 0.6 is 0 Å². The van der Waals surface area contributed by atoms with E-state index in [4.69, 9.17) is 0 Å². The highest BCUT2D eigenvalue weighted by Gasteiger charge is 2.46. The lowest BCUT2D eigenvalue weighted by Crippen LogP contribution is -2.52. The summed E-state index contributed by atoms with van der Waals surface area (Å²) in [4.78, 5) is 2.26. The molecule has 0 amide bonds. The molecular formula is C28H32FNO3. The van der Waals surface area contributed by atoms with Gasteiger partial charge in [0.1, 0.15) is 5.82 Å². The molecule has 1 fully saturated rings. The maximum atomic E-state index is 13.1. The van der Waals surface area contributed by atoms with Gasteiger partial charge in [0.2, 0.25) is 0 Å². The highest BCUT2D eigenvalue weighted by atomic mass is 19.1. The quantitative estimate of drug-likeness (QED) is 0.471. The Labute approximate surface area is 194 Å². The molecule has 0 aromatic heterocycles. The number of nitrogens with zero attached hydrogens (tertiary/aromatic N) is 1. The van der Waals surface area contributed by atoms with Gasteiger partial charge in [-0.2, -0.15) is 0 Å². The summed E-state index contributed by atoms with van der Waals surface area (Å²) in [6.07, 6.45) is 0.408. The van der Waals surface area contributed by atoms with E-state index in [1.165, 1.54) is 12.1 Å². The van der Waals surface area contributed by atoms with Crippen LogP contribution in [-0.2, 0) is 5.60 Å². The van der Waals surface area contributed by atoms with E-state index in [1.807, 2.05) is 60.7 Å². The molecule has 174 valence electrons. The van der Waals surface area contributed by atoms with Crippen molar-refractivity contribution in [1.82, 2.24) is 4.90 Å². The van der Waals surface area contributed by atoms with Crippen molar-refractivity contribution < 1.29 is 19.7 Å². The number of aliphatic hydroxyl groups excluding tert-OH is 2. The third kappa shape index (κ3) is 5.50. The van der Waals surface area contributed by atoms with E-state index in [1.54, 1.807) is 12.1 Å². The minimum absolute atomic E-state index is 0.312. The van der Waals surface area contributed by atoms with E-state index in [0.717, 1.165) is 24.1 Å². The monoisotopic (exact) mass is 449 g/mol. The lowest BCUT2D eigenvalue weighted by atomic mass is 9.72. The van der Waals surface area contributed by atoms with Crippen LogP contribution in [0.1, 0.15) is 48.2 Å². The SMILES string of the molecule is OC(CCCN1CC[C@](O)(c2ccccc2)[C@@H](C(O)c2ccccc2)C1)c1ccc(F)cc1. The Kier molecular flexibility index (Phi) is 7.56. The zero-order valence-electron chi connectivity index (χ0n) is 18.7. The first-order chi connectivity index (χ1) is 16.0. The maximum absolute atomic E-state index is 13.1. The van der Waals surface area contributed by atoms with Crippen LogP contribution < -0.4 is 0 Å². The van der Waals surface area contributed by atoms with E-state index >= 15 is 0 Å². The van der Waals surface area contributed by atoms with Crippen molar-refractivity contribution >= 4 is 0 Å². The minimum Gasteiger partial charge on any atom is -0.388 e. The molecule has 4 atom stereocenters. The molecule has 3 aromatic carbocycles. The van der Waals surface area contributed by atoms with Crippen LogP contribution in [0, 0.1) is 11.7 Å². The predicted octanol–water partition coefficient (Wildman–Crippen LogP) is 4.58. The molecule has 3 N–H and O–H groups in total. The van der Waals surface area contributed by atoms with E-state index in [9.17, 15) is 19.7 Å². The molecule has 1 aliphatic heterocycles. The minimum atomic E-state index is -1.12. The molecule has 0 bridgehead atoms. The van der Waals surface area contributed by atoms with Crippen LogP contribution in [0.4, 0.5) is 4.39 Å². The van der Waals surface area contributed by atoms with Gasteiger partial charge in [-0.1, -0.05) is 72.8 Å². The maximum Gasteiger partial charge on any atom is 0.123 e. The van der Waals surface area contributed by atoms with Crippen LogP contribution in [0.5, 0.6) is 0 Å². The van der Waals surface area contributed by atoms with Crippen LogP contribution in [-0.4, -0.2) is 39.9 Å². The Balaban J connectivity index is 1.45. The van der Waals surface area contributed by atoms with E-state index in [2.05, 4.69) is 4.90 Å². The van der Waals surface area contributed by atoms with Gasteiger partial charge in [-0.15, -0.1) is 0 Å². The van der Waals surface area contributed by atoms with Gasteiger partial charge in [0.15, 0.2) is 0 Å². The molecule has 0 radical (unpaired) electrons. The van der Waals surface area contributed by atoms with Crippen molar-refractivity contribution in [3.63, 3.8) is 0 Å². The lowest BCUT2D eigenvalue weighted by molar-refractivity contribution is -0.123. The topological polar surface area (TPSA) is 63.9 Å². The average molecular weight is 450 g/mol. The van der Waals surface area contributed by atoms with Crippen molar-refractivity contribution in [2.24, 2.45) is 5.92 Å². The molecule has 4 rings (SSSR count). The van der Waals surface area contributed by atoms with Gasteiger partial charge in [-0.05, 0) is 54.6 Å². The predicted molar refractivity (Wildman–Crippen MR) is 127 cm³/mol. The normalized spacial score (nSPS) is 23.2. The van der Waals surface area contributed by atoms with Gasteiger partial charge >= 0.3 is 0 Å². The Bertz CT molecular complexity index is 999. The summed E-state index contributed by atoms with van der Waals surface area (Å²) in [5.74, 6) is -0.703. The van der Waals surface area contributed by atoms with Crippen molar-refractivity contribution in [2.75, 3.05) is 19.6 Å². The summed E-state index contributed by atoms with van der Waals surface area (Å²) >= 11 is 0. The fourth-order valence-electron chi connectivity index (χ4n) is 4.93. The number of rotatable bonds is 8. The highest BCUT2D eigenvalue weighted by molar-refractivity contribution is 5.27. The van der Waals surface area contributed by atoms with Crippen molar-refractivity contribution in [1.29, 1.82) is 0 Å². The number of likely N-dealkylation sites (tertiary alicyclic amines) is 1. The molecule has 0 aliphatic carbocycles. The molecule has 3 aromatic rings. The Morgan fingerprint density at radius 1 is 0.879 bits per heavy atom. The Hall–Kier alpha value is -2.57. The fraction of sp³-hybridized carbons (Fsp3) is 0.357. The van der Waals surface area contributed by atoms with Crippen LogP contribution in [0.3, 0.4) is 0 Å². The lowest BCUT2D eigenvalue weighted by Gasteiger charge is -2.47. The summed E-state index contributed by atoms with van der Waals surface area (Å²) in [6, 6.07) is 25.1. The summed E-state index contributed by atoms with van der Waals surface area (Å²) in [5.41, 5.74) is 1.22. The fourth-order valence-corrected chi connectivity index (χ4v) is 4.93.